The van der Waals surface area contributed by atoms with Gasteiger partial charge in [0.2, 0.25) is 0 Å². The number of hydrogen-bond donors (Lipinski definition) is 2. The van der Waals surface area contributed by atoms with Crippen molar-refractivity contribution in [2.75, 3.05) is 5.32 Å². The Morgan fingerprint density at radius 1 is 1.29 bits per heavy atom. The SMILES string of the molecule is CC(=O)C1(c2cc(O)ccc2NC(=O)OC(C)(C)C)CC1. The summed E-state index contributed by atoms with van der Waals surface area (Å²) in [6, 6.07) is 4.62. The highest BCUT2D eigenvalue weighted by molar-refractivity contribution is 5.95. The topological polar surface area (TPSA) is 75.6 Å². The van der Waals surface area contributed by atoms with E-state index < -0.39 is 17.1 Å². The minimum atomic E-state index is -0.598. The van der Waals surface area contributed by atoms with Crippen LogP contribution in [0.1, 0.15) is 46.1 Å². The molecular formula is C16H21NO4. The first-order valence-electron chi connectivity index (χ1n) is 6.99. The Morgan fingerprint density at radius 3 is 2.38 bits per heavy atom. The van der Waals surface area contributed by atoms with Crippen molar-refractivity contribution in [2.24, 2.45) is 0 Å². The van der Waals surface area contributed by atoms with Crippen LogP contribution in [0.15, 0.2) is 18.2 Å². The summed E-state index contributed by atoms with van der Waals surface area (Å²) in [6.07, 6.45) is 0.887. The first-order valence-corrected chi connectivity index (χ1v) is 6.99. The zero-order chi connectivity index (χ0) is 15.8. The second-order valence-corrected chi connectivity index (χ2v) is 6.50. The molecule has 114 valence electrons. The van der Waals surface area contributed by atoms with Crippen LogP contribution in [-0.2, 0) is 14.9 Å². The molecule has 1 aromatic carbocycles. The zero-order valence-corrected chi connectivity index (χ0v) is 12.8. The molecule has 0 saturated heterocycles. The molecule has 0 atom stereocenters. The quantitative estimate of drug-likeness (QED) is 0.837. The Labute approximate surface area is 124 Å². The molecule has 0 bridgehead atoms. The van der Waals surface area contributed by atoms with Gasteiger partial charge in [-0.15, -0.1) is 0 Å². The van der Waals surface area contributed by atoms with Gasteiger partial charge in [0.15, 0.2) is 0 Å². The third kappa shape index (κ3) is 3.35. The molecule has 0 aromatic heterocycles. The van der Waals surface area contributed by atoms with E-state index in [0.29, 0.717) is 11.3 Å². The fraction of sp³-hybridized carbons (Fsp3) is 0.500. The normalized spacial score (nSPS) is 16.2. The molecule has 2 N–H and O–H groups in total. The van der Waals surface area contributed by atoms with Gasteiger partial charge in [-0.25, -0.2) is 4.79 Å². The molecule has 0 aliphatic heterocycles. The summed E-state index contributed by atoms with van der Waals surface area (Å²) >= 11 is 0. The van der Waals surface area contributed by atoms with E-state index in [2.05, 4.69) is 5.32 Å². The van der Waals surface area contributed by atoms with Crippen LogP contribution in [0.5, 0.6) is 5.75 Å². The number of hydrogen-bond acceptors (Lipinski definition) is 4. The van der Waals surface area contributed by atoms with Gasteiger partial charge in [-0.2, -0.15) is 0 Å². The van der Waals surface area contributed by atoms with Gasteiger partial charge in [0.1, 0.15) is 17.1 Å². The maximum Gasteiger partial charge on any atom is 0.412 e. The monoisotopic (exact) mass is 291 g/mol. The molecule has 1 saturated carbocycles. The number of nitrogens with one attached hydrogen (secondary N) is 1. The van der Waals surface area contributed by atoms with Crippen LogP contribution in [0.25, 0.3) is 0 Å². The van der Waals surface area contributed by atoms with Gasteiger partial charge in [0.05, 0.1) is 5.41 Å². The molecule has 0 heterocycles. The highest BCUT2D eigenvalue weighted by Crippen LogP contribution is 2.52. The largest absolute Gasteiger partial charge is 0.508 e. The highest BCUT2D eigenvalue weighted by Gasteiger charge is 2.50. The Morgan fingerprint density at radius 2 is 1.90 bits per heavy atom. The molecule has 1 aliphatic rings. The van der Waals surface area contributed by atoms with Crippen molar-refractivity contribution >= 4 is 17.6 Å². The molecule has 1 aliphatic carbocycles. The van der Waals surface area contributed by atoms with E-state index in [-0.39, 0.29) is 11.5 Å². The van der Waals surface area contributed by atoms with E-state index in [1.54, 1.807) is 32.9 Å². The van der Waals surface area contributed by atoms with Crippen molar-refractivity contribution in [2.45, 2.75) is 51.6 Å². The standard InChI is InChI=1S/C16H21NO4/c1-10(18)16(7-8-16)12-9-11(19)5-6-13(12)17-14(20)21-15(2,3)4/h5-6,9,19H,7-8H2,1-4H3,(H,17,20). The number of phenolic OH excluding ortho intramolecular Hbond substituents is 1. The minimum absolute atomic E-state index is 0.0420. The number of rotatable bonds is 3. The predicted molar refractivity (Wildman–Crippen MR) is 79.6 cm³/mol. The number of anilines is 1. The van der Waals surface area contributed by atoms with E-state index >= 15 is 0 Å². The number of ketones is 1. The van der Waals surface area contributed by atoms with Gasteiger partial charge in [-0.1, -0.05) is 0 Å². The van der Waals surface area contributed by atoms with Crippen molar-refractivity contribution < 1.29 is 19.4 Å². The fourth-order valence-corrected chi connectivity index (χ4v) is 2.39. The van der Waals surface area contributed by atoms with E-state index in [0.717, 1.165) is 12.8 Å². The summed E-state index contributed by atoms with van der Waals surface area (Å²) in [5, 5.41) is 12.3. The van der Waals surface area contributed by atoms with Crippen LogP contribution in [-0.4, -0.2) is 22.6 Å². The smallest absolute Gasteiger partial charge is 0.412 e. The molecule has 1 aromatic rings. The summed E-state index contributed by atoms with van der Waals surface area (Å²) in [5.74, 6) is 0.118. The Balaban J connectivity index is 2.29. The average molecular weight is 291 g/mol. The van der Waals surface area contributed by atoms with Crippen LogP contribution in [0.3, 0.4) is 0 Å². The van der Waals surface area contributed by atoms with Crippen LogP contribution in [0.2, 0.25) is 0 Å². The molecule has 1 amide bonds. The fourth-order valence-electron chi connectivity index (χ4n) is 2.39. The van der Waals surface area contributed by atoms with E-state index in [9.17, 15) is 14.7 Å². The number of carbonyl (C=O) groups is 2. The number of amides is 1. The van der Waals surface area contributed by atoms with Gasteiger partial charge in [-0.05, 0) is 64.3 Å². The van der Waals surface area contributed by atoms with Crippen molar-refractivity contribution in [3.8, 4) is 5.75 Å². The second-order valence-electron chi connectivity index (χ2n) is 6.50. The molecule has 5 heteroatoms. The lowest BCUT2D eigenvalue weighted by Gasteiger charge is -2.22. The number of phenols is 1. The number of aromatic hydroxyl groups is 1. The first-order chi connectivity index (χ1) is 9.64. The third-order valence-corrected chi connectivity index (χ3v) is 3.58. The van der Waals surface area contributed by atoms with E-state index in [4.69, 9.17) is 4.74 Å². The Kier molecular flexibility index (Phi) is 3.70. The van der Waals surface area contributed by atoms with Crippen LogP contribution in [0, 0.1) is 0 Å². The van der Waals surface area contributed by atoms with Gasteiger partial charge in [-0.3, -0.25) is 10.1 Å². The number of benzene rings is 1. The maximum atomic E-state index is 11.9. The lowest BCUT2D eigenvalue weighted by atomic mass is 9.90. The lowest BCUT2D eigenvalue weighted by molar-refractivity contribution is -0.119. The summed E-state index contributed by atoms with van der Waals surface area (Å²) in [4.78, 5) is 23.8. The van der Waals surface area contributed by atoms with Crippen LogP contribution in [0.4, 0.5) is 10.5 Å². The van der Waals surface area contributed by atoms with Crippen molar-refractivity contribution in [1.29, 1.82) is 0 Å². The molecule has 2 rings (SSSR count). The number of Topliss-reactive ketones (excluding diaryl/α,β-unsaturated/α-hetero) is 1. The van der Waals surface area contributed by atoms with E-state index in [1.165, 1.54) is 13.0 Å². The number of ether oxygens (including phenoxy) is 1. The lowest BCUT2D eigenvalue weighted by Crippen LogP contribution is -2.28. The molecule has 0 spiro atoms. The van der Waals surface area contributed by atoms with Crippen LogP contribution < -0.4 is 5.32 Å². The predicted octanol–water partition coefficient (Wildman–Crippen LogP) is 3.36. The van der Waals surface area contributed by atoms with Gasteiger partial charge in [0, 0.05) is 5.69 Å². The third-order valence-electron chi connectivity index (χ3n) is 3.58. The summed E-state index contributed by atoms with van der Waals surface area (Å²) in [6.45, 7) is 6.88. The van der Waals surface area contributed by atoms with E-state index in [1.807, 2.05) is 0 Å². The first kappa shape index (κ1) is 15.4. The number of carbonyl (C=O) groups excluding carboxylic acids is 2. The summed E-state index contributed by atoms with van der Waals surface area (Å²) in [5.41, 5.74) is -0.0159. The van der Waals surface area contributed by atoms with Gasteiger partial charge >= 0.3 is 6.09 Å². The molecule has 21 heavy (non-hydrogen) atoms. The Hall–Kier alpha value is -2.04. The summed E-state index contributed by atoms with van der Waals surface area (Å²) < 4.78 is 5.22. The molecule has 0 radical (unpaired) electrons. The molecule has 0 unspecified atom stereocenters. The second kappa shape index (κ2) is 5.06. The van der Waals surface area contributed by atoms with Crippen molar-refractivity contribution in [3.63, 3.8) is 0 Å². The Bertz CT molecular complexity index is 582. The van der Waals surface area contributed by atoms with Crippen molar-refractivity contribution in [1.82, 2.24) is 0 Å². The molecule has 1 fully saturated rings. The average Bonchev–Trinajstić information content (AvgIpc) is 3.10. The minimum Gasteiger partial charge on any atom is -0.508 e. The maximum absolute atomic E-state index is 11.9. The van der Waals surface area contributed by atoms with Gasteiger partial charge < -0.3 is 9.84 Å². The summed E-state index contributed by atoms with van der Waals surface area (Å²) in [7, 11) is 0. The van der Waals surface area contributed by atoms with Crippen molar-refractivity contribution in [3.05, 3.63) is 23.8 Å². The van der Waals surface area contributed by atoms with Gasteiger partial charge in [0.25, 0.3) is 0 Å². The van der Waals surface area contributed by atoms with Crippen LogP contribution >= 0.6 is 0 Å². The highest BCUT2D eigenvalue weighted by atomic mass is 16.6. The zero-order valence-electron chi connectivity index (χ0n) is 12.8. The molecule has 5 nitrogen and oxygen atoms in total. The molecular weight excluding hydrogens is 270 g/mol.